The van der Waals surface area contributed by atoms with Crippen LogP contribution in [0.25, 0.3) is 11.3 Å². The Morgan fingerprint density at radius 2 is 1.90 bits per heavy atom. The number of carbonyl (C=O) groups excluding carboxylic acids is 1. The molecule has 7 nitrogen and oxygen atoms in total. The second-order valence-corrected chi connectivity index (χ2v) is 15.1. The van der Waals surface area contributed by atoms with Crippen LogP contribution in [0.2, 0.25) is 18.1 Å². The molecule has 1 fully saturated rings. The molecule has 0 N–H and O–H groups in total. The smallest absolute Gasteiger partial charge is 0.303 e. The van der Waals surface area contributed by atoms with Crippen molar-refractivity contribution in [2.75, 3.05) is 0 Å². The van der Waals surface area contributed by atoms with Crippen LogP contribution in [0.15, 0.2) is 34.9 Å². The molecule has 1 aliphatic heterocycles. The lowest BCUT2D eigenvalue weighted by Crippen LogP contribution is -2.52. The summed E-state index contributed by atoms with van der Waals surface area (Å²) < 4.78 is 20.9. The number of esters is 1. The monoisotopic (exact) mass is 509 g/mol. The summed E-state index contributed by atoms with van der Waals surface area (Å²) in [5, 5.41) is 8.86. The van der Waals surface area contributed by atoms with Crippen LogP contribution in [0.4, 0.5) is 0 Å². The van der Waals surface area contributed by atoms with Crippen LogP contribution in [-0.4, -0.2) is 47.8 Å². The number of halogens is 1. The molecule has 2 heterocycles. The normalized spacial score (nSPS) is 24.8. The minimum absolute atomic E-state index is 0.0517. The summed E-state index contributed by atoms with van der Waals surface area (Å²) in [6.07, 6.45) is -0.763. The fraction of sp³-hybridized carbons (Fsp3) is 0.591. The van der Waals surface area contributed by atoms with E-state index >= 15 is 0 Å². The van der Waals surface area contributed by atoms with Gasteiger partial charge in [0.05, 0.1) is 12.1 Å². The molecule has 0 amide bonds. The van der Waals surface area contributed by atoms with Crippen molar-refractivity contribution >= 4 is 30.2 Å². The third-order valence-electron chi connectivity index (χ3n) is 6.18. The van der Waals surface area contributed by atoms with E-state index in [9.17, 15) is 4.79 Å². The molecule has 4 atom stereocenters. The largest absolute Gasteiger partial charge is 0.457 e. The first kappa shape index (κ1) is 24.1. The third kappa shape index (κ3) is 5.27. The highest BCUT2D eigenvalue weighted by Crippen LogP contribution is 2.41. The zero-order chi connectivity index (χ0) is 23.0. The number of aromatic nitrogens is 3. The van der Waals surface area contributed by atoms with Crippen molar-refractivity contribution in [1.82, 2.24) is 15.0 Å². The standard InChI is InChI=1S/C22H32BrN3O4Si/c1-14-20(29-15(2)27)17(13-18(28-14)30-31(6,7)22(3,4)5)26-21(23)19(24-25-26)16-11-9-8-10-12-16/h8-12,14,17-18,20H,13H2,1-7H3. The minimum atomic E-state index is -2.06. The van der Waals surface area contributed by atoms with E-state index in [0.717, 1.165) is 15.9 Å². The maximum absolute atomic E-state index is 11.8. The maximum Gasteiger partial charge on any atom is 0.303 e. The van der Waals surface area contributed by atoms with E-state index in [1.54, 1.807) is 4.68 Å². The number of hydrogen-bond acceptors (Lipinski definition) is 6. The summed E-state index contributed by atoms with van der Waals surface area (Å²) in [6, 6.07) is 9.57. The van der Waals surface area contributed by atoms with Gasteiger partial charge in [0.2, 0.25) is 0 Å². The minimum Gasteiger partial charge on any atom is -0.457 e. The van der Waals surface area contributed by atoms with Crippen molar-refractivity contribution < 1.29 is 18.7 Å². The highest BCUT2D eigenvalue weighted by atomic mass is 79.9. The third-order valence-corrected chi connectivity index (χ3v) is 11.4. The van der Waals surface area contributed by atoms with Gasteiger partial charge in [-0.1, -0.05) is 56.3 Å². The number of nitrogens with zero attached hydrogens (tertiary/aromatic N) is 3. The Kier molecular flexibility index (Phi) is 7.10. The molecule has 1 aromatic heterocycles. The number of carbonyl (C=O) groups is 1. The van der Waals surface area contributed by atoms with E-state index in [1.165, 1.54) is 6.92 Å². The van der Waals surface area contributed by atoms with Crippen molar-refractivity contribution in [1.29, 1.82) is 0 Å². The lowest BCUT2D eigenvalue weighted by atomic mass is 9.99. The number of hydrogen-bond donors (Lipinski definition) is 0. The topological polar surface area (TPSA) is 75.5 Å². The number of rotatable bonds is 5. The Morgan fingerprint density at radius 3 is 2.48 bits per heavy atom. The molecule has 31 heavy (non-hydrogen) atoms. The lowest BCUT2D eigenvalue weighted by Gasteiger charge is -2.44. The van der Waals surface area contributed by atoms with Gasteiger partial charge in [0.25, 0.3) is 0 Å². The molecule has 0 bridgehead atoms. The Bertz CT molecular complexity index is 913. The highest BCUT2D eigenvalue weighted by molar-refractivity contribution is 9.10. The highest BCUT2D eigenvalue weighted by Gasteiger charge is 2.46. The van der Waals surface area contributed by atoms with Gasteiger partial charge in [-0.05, 0) is 41.0 Å². The van der Waals surface area contributed by atoms with Gasteiger partial charge in [0.15, 0.2) is 20.7 Å². The van der Waals surface area contributed by atoms with Crippen LogP contribution >= 0.6 is 15.9 Å². The van der Waals surface area contributed by atoms with Crippen molar-refractivity contribution in [2.24, 2.45) is 0 Å². The molecule has 3 rings (SSSR count). The fourth-order valence-electron chi connectivity index (χ4n) is 3.47. The SMILES string of the molecule is CC(=O)OC1C(C)OC(O[Si](C)(C)C(C)(C)C)CC1n1nnc(-c2ccccc2)c1Br. The van der Waals surface area contributed by atoms with E-state index in [-0.39, 0.29) is 23.2 Å². The summed E-state index contributed by atoms with van der Waals surface area (Å²) in [5.74, 6) is -0.353. The molecule has 0 radical (unpaired) electrons. The van der Waals surface area contributed by atoms with Crippen LogP contribution in [0.5, 0.6) is 0 Å². The molecular weight excluding hydrogens is 478 g/mol. The molecule has 4 unspecified atom stereocenters. The van der Waals surface area contributed by atoms with Gasteiger partial charge in [0, 0.05) is 18.9 Å². The van der Waals surface area contributed by atoms with Crippen LogP contribution in [0.3, 0.4) is 0 Å². The first-order chi connectivity index (χ1) is 14.4. The molecule has 1 saturated heterocycles. The van der Waals surface area contributed by atoms with E-state index < -0.39 is 20.7 Å². The molecule has 0 spiro atoms. The predicted octanol–water partition coefficient (Wildman–Crippen LogP) is 5.34. The van der Waals surface area contributed by atoms with Crippen LogP contribution < -0.4 is 0 Å². The van der Waals surface area contributed by atoms with Crippen molar-refractivity contribution in [2.45, 2.75) is 83.7 Å². The van der Waals surface area contributed by atoms with E-state index in [1.807, 2.05) is 37.3 Å². The second-order valence-electron chi connectivity index (χ2n) is 9.57. The van der Waals surface area contributed by atoms with Gasteiger partial charge in [-0.2, -0.15) is 0 Å². The first-order valence-corrected chi connectivity index (χ1v) is 14.3. The van der Waals surface area contributed by atoms with E-state index in [4.69, 9.17) is 13.9 Å². The van der Waals surface area contributed by atoms with Gasteiger partial charge in [0.1, 0.15) is 10.3 Å². The quantitative estimate of drug-likeness (QED) is 0.400. The van der Waals surface area contributed by atoms with Crippen molar-refractivity contribution in [3.63, 3.8) is 0 Å². The molecular formula is C22H32BrN3O4Si. The van der Waals surface area contributed by atoms with E-state index in [2.05, 4.69) is 60.1 Å². The molecule has 9 heteroatoms. The molecule has 0 saturated carbocycles. The Balaban J connectivity index is 1.94. The molecule has 2 aromatic rings. The van der Waals surface area contributed by atoms with Gasteiger partial charge < -0.3 is 13.9 Å². The Labute approximate surface area is 193 Å². The summed E-state index contributed by atoms with van der Waals surface area (Å²) in [4.78, 5) is 11.8. The summed E-state index contributed by atoms with van der Waals surface area (Å²) in [7, 11) is -2.06. The summed E-state index contributed by atoms with van der Waals surface area (Å²) in [5.41, 5.74) is 1.70. The van der Waals surface area contributed by atoms with Crippen LogP contribution in [0.1, 0.15) is 47.1 Å². The van der Waals surface area contributed by atoms with Gasteiger partial charge in [-0.3, -0.25) is 4.79 Å². The maximum atomic E-state index is 11.8. The molecule has 170 valence electrons. The van der Waals surface area contributed by atoms with Gasteiger partial charge in [-0.15, -0.1) is 5.10 Å². The number of ether oxygens (including phenoxy) is 2. The van der Waals surface area contributed by atoms with E-state index in [0.29, 0.717) is 6.42 Å². The van der Waals surface area contributed by atoms with Crippen molar-refractivity contribution in [3.8, 4) is 11.3 Å². The summed E-state index contributed by atoms with van der Waals surface area (Å²) in [6.45, 7) is 14.3. The Morgan fingerprint density at radius 1 is 1.26 bits per heavy atom. The van der Waals surface area contributed by atoms with Gasteiger partial charge in [-0.25, -0.2) is 4.68 Å². The zero-order valence-electron chi connectivity index (χ0n) is 19.3. The molecule has 1 aliphatic rings. The molecule has 1 aromatic carbocycles. The molecule has 0 aliphatic carbocycles. The van der Waals surface area contributed by atoms with Crippen LogP contribution in [0, 0.1) is 0 Å². The van der Waals surface area contributed by atoms with Gasteiger partial charge >= 0.3 is 5.97 Å². The van der Waals surface area contributed by atoms with Crippen LogP contribution in [-0.2, 0) is 18.7 Å². The second kappa shape index (κ2) is 9.13. The summed E-state index contributed by atoms with van der Waals surface area (Å²) >= 11 is 3.67. The lowest BCUT2D eigenvalue weighted by molar-refractivity contribution is -0.215. The zero-order valence-corrected chi connectivity index (χ0v) is 21.8. The Hall–Kier alpha value is -1.55. The fourth-order valence-corrected chi connectivity index (χ4v) is 5.27. The first-order valence-electron chi connectivity index (χ1n) is 10.6. The number of benzene rings is 1. The van der Waals surface area contributed by atoms with Crippen molar-refractivity contribution in [3.05, 3.63) is 34.9 Å². The predicted molar refractivity (Wildman–Crippen MR) is 125 cm³/mol. The average molecular weight is 511 g/mol. The average Bonchev–Trinajstić information content (AvgIpc) is 3.04.